The predicted molar refractivity (Wildman–Crippen MR) is 98.0 cm³/mol. The number of hydrazine groups is 1. The molecule has 0 saturated carbocycles. The first kappa shape index (κ1) is 16.4. The minimum atomic E-state index is -0.376. The average Bonchev–Trinajstić information content (AvgIpc) is 3.20. The van der Waals surface area contributed by atoms with Crippen LogP contribution in [0.5, 0.6) is 0 Å². The van der Waals surface area contributed by atoms with Crippen LogP contribution in [0.3, 0.4) is 0 Å². The van der Waals surface area contributed by atoms with E-state index in [9.17, 15) is 9.59 Å². The summed E-state index contributed by atoms with van der Waals surface area (Å²) in [4.78, 5) is 25.4. The lowest BCUT2D eigenvalue weighted by Crippen LogP contribution is -2.44. The van der Waals surface area contributed by atoms with Gasteiger partial charge in [0.15, 0.2) is 4.32 Å². The van der Waals surface area contributed by atoms with Crippen LogP contribution in [0.25, 0.3) is 6.08 Å². The first-order valence-electron chi connectivity index (χ1n) is 6.71. The molecule has 5 nitrogen and oxygen atoms in total. The van der Waals surface area contributed by atoms with Crippen molar-refractivity contribution in [3.63, 3.8) is 0 Å². The van der Waals surface area contributed by atoms with E-state index in [1.807, 2.05) is 6.07 Å². The van der Waals surface area contributed by atoms with Crippen molar-refractivity contribution in [3.05, 3.63) is 62.7 Å². The minimum Gasteiger partial charge on any atom is -0.266 e. The van der Waals surface area contributed by atoms with Gasteiger partial charge in [-0.25, -0.2) is 0 Å². The Hall–Kier alpha value is -2.47. The lowest BCUT2D eigenvalue weighted by Gasteiger charge is -2.14. The highest BCUT2D eigenvalue weighted by Gasteiger charge is 2.33. The van der Waals surface area contributed by atoms with Crippen LogP contribution in [-0.2, 0) is 4.79 Å². The van der Waals surface area contributed by atoms with Crippen molar-refractivity contribution in [2.45, 2.75) is 0 Å². The topological polar surface area (TPSA) is 73.2 Å². The largest absolute Gasteiger partial charge is 0.285 e. The molecule has 2 aromatic rings. The molecule has 1 N–H and O–H groups in total. The first-order valence-corrected chi connectivity index (χ1v) is 8.81. The lowest BCUT2D eigenvalue weighted by molar-refractivity contribution is -0.123. The van der Waals surface area contributed by atoms with Gasteiger partial charge >= 0.3 is 0 Å². The fourth-order valence-electron chi connectivity index (χ4n) is 1.93. The number of nitrogens with zero attached hydrogens (tertiary/aromatic N) is 2. The molecule has 3 rings (SSSR count). The van der Waals surface area contributed by atoms with Crippen molar-refractivity contribution in [2.75, 3.05) is 0 Å². The number of thioether (sulfide) groups is 1. The summed E-state index contributed by atoms with van der Waals surface area (Å²) in [6.07, 6.45) is 1.68. The molecule has 1 aliphatic heterocycles. The van der Waals surface area contributed by atoms with E-state index in [4.69, 9.17) is 17.5 Å². The zero-order chi connectivity index (χ0) is 17.1. The third-order valence-electron chi connectivity index (χ3n) is 3.09. The zero-order valence-corrected chi connectivity index (χ0v) is 14.5. The minimum absolute atomic E-state index is 0.268. The zero-order valence-electron chi connectivity index (χ0n) is 12.1. The first-order chi connectivity index (χ1) is 11.6. The molecule has 1 fully saturated rings. The number of amides is 2. The van der Waals surface area contributed by atoms with E-state index in [0.29, 0.717) is 15.3 Å². The van der Waals surface area contributed by atoms with Gasteiger partial charge in [-0.15, -0.1) is 11.3 Å². The summed E-state index contributed by atoms with van der Waals surface area (Å²) in [6, 6.07) is 12.3. The highest BCUT2D eigenvalue weighted by Crippen LogP contribution is 2.31. The van der Waals surface area contributed by atoms with E-state index in [-0.39, 0.29) is 16.1 Å². The number of nitriles is 1. The Morgan fingerprint density at radius 2 is 2.04 bits per heavy atom. The molecule has 0 radical (unpaired) electrons. The number of hydrogen-bond donors (Lipinski definition) is 1. The molecule has 1 aliphatic rings. The van der Waals surface area contributed by atoms with Gasteiger partial charge < -0.3 is 0 Å². The Morgan fingerprint density at radius 3 is 2.67 bits per heavy atom. The van der Waals surface area contributed by atoms with E-state index >= 15 is 0 Å². The second-order valence-electron chi connectivity index (χ2n) is 4.67. The Kier molecular flexibility index (Phi) is 4.76. The van der Waals surface area contributed by atoms with Crippen LogP contribution >= 0.6 is 35.3 Å². The third kappa shape index (κ3) is 3.38. The highest BCUT2D eigenvalue weighted by atomic mass is 32.2. The fraction of sp³-hybridized carbons (Fsp3) is 0. The lowest BCUT2D eigenvalue weighted by atomic mass is 10.1. The predicted octanol–water partition coefficient (Wildman–Crippen LogP) is 3.17. The molecule has 1 aromatic carbocycles. The van der Waals surface area contributed by atoms with E-state index in [1.54, 1.807) is 47.9 Å². The maximum Gasteiger partial charge on any atom is 0.285 e. The molecule has 0 bridgehead atoms. The molecule has 2 heterocycles. The molecule has 1 saturated heterocycles. The summed E-state index contributed by atoms with van der Waals surface area (Å²) >= 11 is 7.57. The Morgan fingerprint density at radius 1 is 1.29 bits per heavy atom. The molecule has 2 amide bonds. The van der Waals surface area contributed by atoms with Crippen molar-refractivity contribution >= 4 is 57.5 Å². The summed E-state index contributed by atoms with van der Waals surface area (Å²) in [5, 5.41) is 11.7. The van der Waals surface area contributed by atoms with Crippen LogP contribution in [0.15, 0.2) is 46.7 Å². The van der Waals surface area contributed by atoms with Gasteiger partial charge in [-0.2, -0.15) is 10.3 Å². The number of thiophene rings is 1. The molecule has 0 aliphatic carbocycles. The van der Waals surface area contributed by atoms with Crippen LogP contribution < -0.4 is 5.43 Å². The fourth-order valence-corrected chi connectivity index (χ4v) is 3.73. The molecule has 118 valence electrons. The van der Waals surface area contributed by atoms with E-state index < -0.39 is 0 Å². The van der Waals surface area contributed by atoms with Gasteiger partial charge in [0.05, 0.1) is 21.4 Å². The average molecular weight is 371 g/mol. The molecule has 0 spiro atoms. The van der Waals surface area contributed by atoms with E-state index in [2.05, 4.69) is 5.43 Å². The number of hydrogen-bond acceptors (Lipinski definition) is 6. The number of thiocarbonyl (C=S) groups is 1. The summed E-state index contributed by atoms with van der Waals surface area (Å²) in [6.45, 7) is 0. The Bertz CT molecular complexity index is 880. The van der Waals surface area contributed by atoms with Crippen molar-refractivity contribution in [2.24, 2.45) is 0 Å². The van der Waals surface area contributed by atoms with E-state index in [0.717, 1.165) is 22.3 Å². The van der Waals surface area contributed by atoms with Crippen molar-refractivity contribution in [1.29, 1.82) is 5.26 Å². The van der Waals surface area contributed by atoms with Crippen LogP contribution in [0.1, 0.15) is 20.8 Å². The smallest absolute Gasteiger partial charge is 0.266 e. The molecular weight excluding hydrogens is 362 g/mol. The second kappa shape index (κ2) is 6.97. The highest BCUT2D eigenvalue weighted by molar-refractivity contribution is 8.26. The summed E-state index contributed by atoms with van der Waals surface area (Å²) in [7, 11) is 0. The number of carbonyl (C=O) groups excluding carboxylic acids is 2. The number of carbonyl (C=O) groups is 2. The molecular formula is C16H9N3O2S3. The van der Waals surface area contributed by atoms with Crippen LogP contribution in [0.4, 0.5) is 0 Å². The normalized spacial score (nSPS) is 15.6. The third-order valence-corrected chi connectivity index (χ3v) is 5.26. The summed E-state index contributed by atoms with van der Waals surface area (Å²) in [5.74, 6) is -0.750. The van der Waals surface area contributed by atoms with Gasteiger partial charge in [-0.05, 0) is 47.4 Å². The maximum atomic E-state index is 12.4. The van der Waals surface area contributed by atoms with Gasteiger partial charge in [-0.1, -0.05) is 30.0 Å². The van der Waals surface area contributed by atoms with Crippen LogP contribution in [-0.4, -0.2) is 21.1 Å². The van der Waals surface area contributed by atoms with Gasteiger partial charge in [0, 0.05) is 0 Å². The van der Waals surface area contributed by atoms with Crippen LogP contribution in [0.2, 0.25) is 0 Å². The Balaban J connectivity index is 1.77. The van der Waals surface area contributed by atoms with Crippen molar-refractivity contribution in [1.82, 2.24) is 10.4 Å². The molecule has 0 unspecified atom stereocenters. The Labute approximate surface area is 151 Å². The number of benzene rings is 1. The quantitative estimate of drug-likeness (QED) is 0.663. The molecule has 0 atom stereocenters. The molecule has 24 heavy (non-hydrogen) atoms. The monoisotopic (exact) mass is 371 g/mol. The van der Waals surface area contributed by atoms with Crippen molar-refractivity contribution in [3.8, 4) is 6.07 Å². The van der Waals surface area contributed by atoms with Gasteiger partial charge in [0.1, 0.15) is 0 Å². The number of rotatable bonds is 3. The SMILES string of the molecule is N#Cc1ccc(/C=C2/SC(=S)N(NC(=O)c3cccs3)C2=O)cc1. The van der Waals surface area contributed by atoms with Gasteiger partial charge in [0.2, 0.25) is 0 Å². The van der Waals surface area contributed by atoms with E-state index in [1.165, 1.54) is 11.3 Å². The standard InChI is InChI=1S/C16H9N3O2S3/c17-9-11-5-3-10(4-6-11)8-13-15(21)19(16(22)24-13)18-14(20)12-2-1-7-23-12/h1-8H,(H,18,20)/b13-8+. The number of nitrogens with one attached hydrogen (secondary N) is 1. The second-order valence-corrected chi connectivity index (χ2v) is 7.29. The maximum absolute atomic E-state index is 12.4. The molecule has 8 heteroatoms. The summed E-state index contributed by atoms with van der Waals surface area (Å²) < 4.78 is 0.268. The summed E-state index contributed by atoms with van der Waals surface area (Å²) in [5.41, 5.74) is 3.85. The van der Waals surface area contributed by atoms with Crippen molar-refractivity contribution < 1.29 is 9.59 Å². The molecule has 1 aromatic heterocycles. The van der Waals surface area contributed by atoms with Gasteiger partial charge in [-0.3, -0.25) is 15.0 Å². The van der Waals surface area contributed by atoms with Crippen LogP contribution in [0, 0.1) is 11.3 Å². The van der Waals surface area contributed by atoms with Gasteiger partial charge in [0.25, 0.3) is 11.8 Å².